The summed E-state index contributed by atoms with van der Waals surface area (Å²) in [6.07, 6.45) is 4.67. The van der Waals surface area contributed by atoms with Crippen LogP contribution in [0.25, 0.3) is 0 Å². The molecule has 1 saturated heterocycles. The zero-order chi connectivity index (χ0) is 15.8. The molecule has 0 saturated carbocycles. The summed E-state index contributed by atoms with van der Waals surface area (Å²) in [4.78, 5) is 19.1. The minimum Gasteiger partial charge on any atom is -0.340 e. The van der Waals surface area contributed by atoms with Gasteiger partial charge in [0.15, 0.2) is 5.82 Å². The standard InChI is InChI=1S/C18H21N3O2/c1-12-19-18(20-23-12)16-7-4-10-21(16)17(22)11-14-9-8-13-5-2-3-6-15(13)14/h2-3,5-6,14,16H,4,7-11H2,1H3/t14-,16-/m0/s1. The third-order valence-corrected chi connectivity index (χ3v) is 5.09. The summed E-state index contributed by atoms with van der Waals surface area (Å²) in [6.45, 7) is 2.58. The van der Waals surface area contributed by atoms with Crippen molar-refractivity contribution in [1.29, 1.82) is 0 Å². The molecule has 0 spiro atoms. The van der Waals surface area contributed by atoms with Gasteiger partial charge in [0.25, 0.3) is 0 Å². The largest absolute Gasteiger partial charge is 0.340 e. The molecule has 2 heterocycles. The first-order chi connectivity index (χ1) is 11.2. The van der Waals surface area contributed by atoms with Gasteiger partial charge in [0.05, 0.1) is 6.04 Å². The van der Waals surface area contributed by atoms with Crippen LogP contribution in [0.2, 0.25) is 0 Å². The van der Waals surface area contributed by atoms with Gasteiger partial charge in [-0.2, -0.15) is 4.98 Å². The van der Waals surface area contributed by atoms with E-state index >= 15 is 0 Å². The number of hydrogen-bond acceptors (Lipinski definition) is 4. The molecule has 0 N–H and O–H groups in total. The van der Waals surface area contributed by atoms with Crippen LogP contribution in [-0.4, -0.2) is 27.5 Å². The van der Waals surface area contributed by atoms with Crippen LogP contribution in [0.1, 0.15) is 60.5 Å². The zero-order valence-corrected chi connectivity index (χ0v) is 13.4. The van der Waals surface area contributed by atoms with E-state index in [0.29, 0.717) is 24.1 Å². The Morgan fingerprint density at radius 1 is 1.35 bits per heavy atom. The number of aryl methyl sites for hydroxylation is 2. The van der Waals surface area contributed by atoms with Gasteiger partial charge in [0.2, 0.25) is 11.8 Å². The van der Waals surface area contributed by atoms with Crippen LogP contribution in [-0.2, 0) is 11.2 Å². The van der Waals surface area contributed by atoms with Gasteiger partial charge >= 0.3 is 0 Å². The molecule has 4 rings (SSSR count). The summed E-state index contributed by atoms with van der Waals surface area (Å²) in [5.41, 5.74) is 2.75. The van der Waals surface area contributed by atoms with Gasteiger partial charge in [-0.3, -0.25) is 4.79 Å². The SMILES string of the molecule is Cc1nc([C@@H]2CCCN2C(=O)C[C@@H]2CCc3ccccc32)no1. The second-order valence-electron chi connectivity index (χ2n) is 6.56. The molecular formula is C18H21N3O2. The molecule has 1 aliphatic heterocycles. The van der Waals surface area contributed by atoms with E-state index in [1.807, 2.05) is 4.90 Å². The molecule has 1 aliphatic carbocycles. The third kappa shape index (κ3) is 2.64. The summed E-state index contributed by atoms with van der Waals surface area (Å²) < 4.78 is 5.09. The van der Waals surface area contributed by atoms with Gasteiger partial charge in [-0.25, -0.2) is 0 Å². The lowest BCUT2D eigenvalue weighted by atomic mass is 9.97. The summed E-state index contributed by atoms with van der Waals surface area (Å²) in [5, 5.41) is 4.02. The maximum absolute atomic E-state index is 12.8. The highest BCUT2D eigenvalue weighted by Gasteiger charge is 2.35. The molecule has 0 unspecified atom stereocenters. The molecule has 1 amide bonds. The number of benzene rings is 1. The Kier molecular flexibility index (Phi) is 3.63. The quantitative estimate of drug-likeness (QED) is 0.873. The van der Waals surface area contributed by atoms with E-state index in [4.69, 9.17) is 4.52 Å². The Labute approximate surface area is 135 Å². The van der Waals surface area contributed by atoms with Crippen molar-refractivity contribution in [3.63, 3.8) is 0 Å². The van der Waals surface area contributed by atoms with Crippen molar-refractivity contribution >= 4 is 5.91 Å². The van der Waals surface area contributed by atoms with E-state index in [2.05, 4.69) is 34.4 Å². The summed E-state index contributed by atoms with van der Waals surface area (Å²) in [7, 11) is 0. The van der Waals surface area contributed by atoms with E-state index in [-0.39, 0.29) is 11.9 Å². The molecule has 1 fully saturated rings. The summed E-state index contributed by atoms with van der Waals surface area (Å²) in [5.74, 6) is 1.79. The van der Waals surface area contributed by atoms with E-state index in [0.717, 1.165) is 32.2 Å². The highest BCUT2D eigenvalue weighted by Crippen LogP contribution is 2.37. The van der Waals surface area contributed by atoms with Crippen LogP contribution in [0.15, 0.2) is 28.8 Å². The Hall–Kier alpha value is -2.17. The fourth-order valence-electron chi connectivity index (χ4n) is 3.97. The van der Waals surface area contributed by atoms with Gasteiger partial charge in [-0.05, 0) is 42.7 Å². The number of likely N-dealkylation sites (tertiary alicyclic amines) is 1. The Morgan fingerprint density at radius 3 is 3.04 bits per heavy atom. The maximum Gasteiger partial charge on any atom is 0.223 e. The van der Waals surface area contributed by atoms with Crippen molar-refractivity contribution in [2.75, 3.05) is 6.54 Å². The molecule has 2 atom stereocenters. The lowest BCUT2D eigenvalue weighted by Crippen LogP contribution is -2.31. The predicted octanol–water partition coefficient (Wildman–Crippen LogP) is 3.16. The lowest BCUT2D eigenvalue weighted by molar-refractivity contribution is -0.132. The maximum atomic E-state index is 12.8. The summed E-state index contributed by atoms with van der Waals surface area (Å²) in [6, 6.07) is 8.49. The molecule has 5 nitrogen and oxygen atoms in total. The number of fused-ring (bicyclic) bond motifs is 1. The number of carbonyl (C=O) groups excluding carboxylic acids is 1. The molecule has 23 heavy (non-hydrogen) atoms. The van der Waals surface area contributed by atoms with E-state index in [1.165, 1.54) is 11.1 Å². The fourth-order valence-corrected chi connectivity index (χ4v) is 3.97. The van der Waals surface area contributed by atoms with Crippen molar-refractivity contribution in [3.8, 4) is 0 Å². The number of nitrogens with zero attached hydrogens (tertiary/aromatic N) is 3. The second kappa shape index (κ2) is 5.80. The minimum atomic E-state index is -0.0170. The monoisotopic (exact) mass is 311 g/mol. The van der Waals surface area contributed by atoms with Crippen molar-refractivity contribution < 1.29 is 9.32 Å². The van der Waals surface area contributed by atoms with Gasteiger partial charge in [0.1, 0.15) is 0 Å². The van der Waals surface area contributed by atoms with Crippen LogP contribution in [0.4, 0.5) is 0 Å². The highest BCUT2D eigenvalue weighted by molar-refractivity contribution is 5.78. The number of carbonyl (C=O) groups is 1. The van der Waals surface area contributed by atoms with Crippen LogP contribution >= 0.6 is 0 Å². The van der Waals surface area contributed by atoms with E-state index in [9.17, 15) is 4.79 Å². The summed E-state index contributed by atoms with van der Waals surface area (Å²) >= 11 is 0. The molecule has 2 aliphatic rings. The van der Waals surface area contributed by atoms with Crippen LogP contribution in [0.3, 0.4) is 0 Å². The van der Waals surface area contributed by atoms with Crippen LogP contribution < -0.4 is 0 Å². The van der Waals surface area contributed by atoms with E-state index in [1.54, 1.807) is 6.92 Å². The Balaban J connectivity index is 1.49. The molecule has 0 bridgehead atoms. The average Bonchev–Trinajstić information content (AvgIpc) is 3.26. The molecule has 0 radical (unpaired) electrons. The van der Waals surface area contributed by atoms with Crippen LogP contribution in [0, 0.1) is 6.92 Å². The Morgan fingerprint density at radius 2 is 2.22 bits per heavy atom. The lowest BCUT2D eigenvalue weighted by Gasteiger charge is -2.24. The molecule has 1 aromatic carbocycles. The molecular weight excluding hydrogens is 290 g/mol. The third-order valence-electron chi connectivity index (χ3n) is 5.09. The molecule has 1 aromatic heterocycles. The number of amides is 1. The highest BCUT2D eigenvalue weighted by atomic mass is 16.5. The van der Waals surface area contributed by atoms with E-state index < -0.39 is 0 Å². The van der Waals surface area contributed by atoms with Crippen molar-refractivity contribution in [2.45, 2.75) is 51.0 Å². The topological polar surface area (TPSA) is 59.2 Å². The smallest absolute Gasteiger partial charge is 0.223 e. The van der Waals surface area contributed by atoms with Gasteiger partial charge in [-0.1, -0.05) is 29.4 Å². The van der Waals surface area contributed by atoms with Crippen LogP contribution in [0.5, 0.6) is 0 Å². The first kappa shape index (κ1) is 14.4. The number of hydrogen-bond donors (Lipinski definition) is 0. The van der Waals surface area contributed by atoms with Crippen molar-refractivity contribution in [1.82, 2.24) is 15.0 Å². The fraction of sp³-hybridized carbons (Fsp3) is 0.500. The van der Waals surface area contributed by atoms with Crippen molar-refractivity contribution in [3.05, 3.63) is 47.1 Å². The second-order valence-corrected chi connectivity index (χ2v) is 6.56. The van der Waals surface area contributed by atoms with Gasteiger partial charge in [0, 0.05) is 19.9 Å². The molecule has 2 aromatic rings. The average molecular weight is 311 g/mol. The van der Waals surface area contributed by atoms with Crippen molar-refractivity contribution in [2.24, 2.45) is 0 Å². The van der Waals surface area contributed by atoms with Gasteiger partial charge in [-0.15, -0.1) is 0 Å². The van der Waals surface area contributed by atoms with Gasteiger partial charge < -0.3 is 9.42 Å². The minimum absolute atomic E-state index is 0.0170. The Bertz CT molecular complexity index is 725. The first-order valence-corrected chi connectivity index (χ1v) is 8.40. The molecule has 120 valence electrons. The predicted molar refractivity (Wildman–Crippen MR) is 84.8 cm³/mol. The number of rotatable bonds is 3. The number of aromatic nitrogens is 2. The molecule has 5 heteroatoms. The normalized spacial score (nSPS) is 23.3. The zero-order valence-electron chi connectivity index (χ0n) is 13.4. The first-order valence-electron chi connectivity index (χ1n) is 8.40.